The van der Waals surface area contributed by atoms with Crippen LogP contribution in [0.25, 0.3) is 10.8 Å². The Balaban J connectivity index is 2.22. The lowest BCUT2D eigenvalue weighted by molar-refractivity contribution is 0.273. The van der Waals surface area contributed by atoms with Crippen molar-refractivity contribution in [2.45, 2.75) is 0 Å². The van der Waals surface area contributed by atoms with Crippen molar-refractivity contribution in [3.63, 3.8) is 0 Å². The second kappa shape index (κ2) is 6.19. The highest BCUT2D eigenvalue weighted by Crippen LogP contribution is 2.25. The van der Waals surface area contributed by atoms with Crippen molar-refractivity contribution in [2.24, 2.45) is 0 Å². The second-order valence-corrected chi connectivity index (χ2v) is 3.75. The van der Waals surface area contributed by atoms with E-state index in [1.807, 2.05) is 24.3 Å². The third-order valence-electron chi connectivity index (χ3n) is 2.47. The topological polar surface area (TPSA) is 18.5 Å². The van der Waals surface area contributed by atoms with E-state index in [1.54, 1.807) is 12.1 Å². The number of alkyl halides is 2. The molecule has 0 atom stereocenters. The van der Waals surface area contributed by atoms with Crippen LogP contribution in [0.1, 0.15) is 0 Å². The van der Waals surface area contributed by atoms with Crippen molar-refractivity contribution in [3.05, 3.63) is 36.4 Å². The molecular weight excluding hydrogens is 238 g/mol. The van der Waals surface area contributed by atoms with E-state index in [9.17, 15) is 8.78 Å². The molecule has 96 valence electrons. The molecule has 2 rings (SSSR count). The number of rotatable bonds is 6. The average molecular weight is 252 g/mol. The fraction of sp³-hybridized carbons (Fsp3) is 0.286. The third kappa shape index (κ3) is 3.09. The molecule has 0 aliphatic carbocycles. The van der Waals surface area contributed by atoms with Gasteiger partial charge in [-0.25, -0.2) is 8.78 Å². The largest absolute Gasteiger partial charge is 0.491 e. The predicted molar refractivity (Wildman–Crippen MR) is 66.9 cm³/mol. The van der Waals surface area contributed by atoms with Crippen LogP contribution in [0.3, 0.4) is 0 Å². The summed E-state index contributed by atoms with van der Waals surface area (Å²) in [7, 11) is 0. The fourth-order valence-corrected chi connectivity index (χ4v) is 1.70. The van der Waals surface area contributed by atoms with Gasteiger partial charge in [0.25, 0.3) is 0 Å². The summed E-state index contributed by atoms with van der Waals surface area (Å²) in [6.45, 7) is -0.942. The van der Waals surface area contributed by atoms with Crippen LogP contribution in [0, 0.1) is 0 Å². The minimum atomic E-state index is -0.516. The molecule has 0 aromatic heterocycles. The highest BCUT2D eigenvalue weighted by molar-refractivity contribution is 5.85. The smallest absolute Gasteiger partial charge is 0.123 e. The van der Waals surface area contributed by atoms with Gasteiger partial charge in [-0.15, -0.1) is 0 Å². The Bertz CT molecular complexity index is 471. The van der Waals surface area contributed by atoms with E-state index in [-0.39, 0.29) is 13.2 Å². The van der Waals surface area contributed by atoms with E-state index in [0.717, 1.165) is 10.8 Å². The van der Waals surface area contributed by atoms with Crippen LogP contribution in [0.5, 0.6) is 11.5 Å². The molecule has 0 spiro atoms. The van der Waals surface area contributed by atoms with Crippen molar-refractivity contribution in [1.29, 1.82) is 0 Å². The number of fused-ring (bicyclic) bond motifs is 1. The van der Waals surface area contributed by atoms with Gasteiger partial charge < -0.3 is 9.47 Å². The first-order valence-corrected chi connectivity index (χ1v) is 5.75. The molecule has 18 heavy (non-hydrogen) atoms. The third-order valence-corrected chi connectivity index (χ3v) is 2.47. The van der Waals surface area contributed by atoms with Gasteiger partial charge in [-0.05, 0) is 35.0 Å². The summed E-state index contributed by atoms with van der Waals surface area (Å²) < 4.78 is 34.4. The normalized spacial score (nSPS) is 10.6. The molecule has 0 radical (unpaired) electrons. The van der Waals surface area contributed by atoms with Gasteiger partial charge >= 0.3 is 0 Å². The Labute approximate surface area is 104 Å². The molecule has 0 fully saturated rings. The molecule has 4 heteroatoms. The maximum absolute atomic E-state index is 12.0. The Morgan fingerprint density at radius 2 is 1.22 bits per heavy atom. The number of hydrogen-bond donors (Lipinski definition) is 0. The molecule has 2 nitrogen and oxygen atoms in total. The molecular formula is C14H14F2O2. The number of hydrogen-bond acceptors (Lipinski definition) is 2. The van der Waals surface area contributed by atoms with E-state index < -0.39 is 13.3 Å². The van der Waals surface area contributed by atoms with Crippen molar-refractivity contribution < 1.29 is 18.3 Å². The van der Waals surface area contributed by atoms with E-state index >= 15 is 0 Å². The first-order valence-electron chi connectivity index (χ1n) is 5.75. The monoisotopic (exact) mass is 252 g/mol. The van der Waals surface area contributed by atoms with Gasteiger partial charge in [0.05, 0.1) is 0 Å². The molecule has 0 bridgehead atoms. The zero-order valence-electron chi connectivity index (χ0n) is 9.86. The summed E-state index contributed by atoms with van der Waals surface area (Å²) in [4.78, 5) is 0. The fourth-order valence-electron chi connectivity index (χ4n) is 1.70. The van der Waals surface area contributed by atoms with Gasteiger partial charge in [-0.2, -0.15) is 0 Å². The van der Waals surface area contributed by atoms with Gasteiger partial charge in [0, 0.05) is 0 Å². The van der Waals surface area contributed by atoms with E-state index in [2.05, 4.69) is 0 Å². The quantitative estimate of drug-likeness (QED) is 0.783. The Morgan fingerprint density at radius 1 is 0.722 bits per heavy atom. The molecule has 0 unspecified atom stereocenters. The summed E-state index contributed by atoms with van der Waals surface area (Å²) in [5.74, 6) is 1.23. The van der Waals surface area contributed by atoms with Crippen LogP contribution in [0.2, 0.25) is 0 Å². The van der Waals surface area contributed by atoms with Crippen molar-refractivity contribution in [3.8, 4) is 11.5 Å². The van der Waals surface area contributed by atoms with Crippen LogP contribution < -0.4 is 9.47 Å². The number of halogens is 2. The van der Waals surface area contributed by atoms with Crippen LogP contribution in [0.4, 0.5) is 8.78 Å². The summed E-state index contributed by atoms with van der Waals surface area (Å²) in [6, 6.07) is 11.0. The molecule has 0 aliphatic heterocycles. The van der Waals surface area contributed by atoms with Crippen LogP contribution in [-0.4, -0.2) is 26.6 Å². The van der Waals surface area contributed by atoms with E-state index in [1.165, 1.54) is 0 Å². The lowest BCUT2D eigenvalue weighted by atomic mass is 10.1. The minimum absolute atomic E-state index is 0.0452. The van der Waals surface area contributed by atoms with E-state index in [0.29, 0.717) is 11.5 Å². The van der Waals surface area contributed by atoms with Crippen LogP contribution >= 0.6 is 0 Å². The standard InChI is InChI=1S/C14H14F2O2/c15-5-7-17-13-3-1-11-2-4-14(18-8-6-16)10-12(11)9-13/h1-4,9-10H,5-8H2. The van der Waals surface area contributed by atoms with Crippen LogP contribution in [-0.2, 0) is 0 Å². The molecule has 0 amide bonds. The summed E-state index contributed by atoms with van der Waals surface area (Å²) >= 11 is 0. The molecule has 2 aromatic rings. The first-order chi connectivity index (χ1) is 8.83. The Morgan fingerprint density at radius 3 is 1.67 bits per heavy atom. The lowest BCUT2D eigenvalue weighted by Gasteiger charge is -2.07. The average Bonchev–Trinajstić information content (AvgIpc) is 2.42. The van der Waals surface area contributed by atoms with Crippen molar-refractivity contribution >= 4 is 10.8 Å². The SMILES string of the molecule is FCCOc1ccc2ccc(OCCF)cc2c1. The molecule has 0 N–H and O–H groups in total. The van der Waals surface area contributed by atoms with E-state index in [4.69, 9.17) is 9.47 Å². The first kappa shape index (κ1) is 12.6. The molecule has 0 saturated heterocycles. The van der Waals surface area contributed by atoms with Gasteiger partial charge in [0.2, 0.25) is 0 Å². The predicted octanol–water partition coefficient (Wildman–Crippen LogP) is 3.54. The Kier molecular flexibility index (Phi) is 4.34. The summed E-state index contributed by atoms with van der Waals surface area (Å²) in [6.07, 6.45) is 0. The molecule has 0 heterocycles. The van der Waals surface area contributed by atoms with Gasteiger partial charge in [0.1, 0.15) is 38.1 Å². The van der Waals surface area contributed by atoms with Crippen molar-refractivity contribution in [1.82, 2.24) is 0 Å². The molecule has 0 aliphatic rings. The second-order valence-electron chi connectivity index (χ2n) is 3.75. The summed E-state index contributed by atoms with van der Waals surface area (Å²) in [5.41, 5.74) is 0. The zero-order chi connectivity index (χ0) is 12.8. The maximum Gasteiger partial charge on any atom is 0.123 e. The van der Waals surface area contributed by atoms with Gasteiger partial charge in [0.15, 0.2) is 0 Å². The van der Waals surface area contributed by atoms with Gasteiger partial charge in [-0.1, -0.05) is 12.1 Å². The number of ether oxygens (including phenoxy) is 2. The number of benzene rings is 2. The summed E-state index contributed by atoms with van der Waals surface area (Å²) in [5, 5.41) is 1.94. The zero-order valence-corrected chi connectivity index (χ0v) is 9.86. The highest BCUT2D eigenvalue weighted by atomic mass is 19.1. The Hall–Kier alpha value is -1.84. The lowest BCUT2D eigenvalue weighted by Crippen LogP contribution is -1.99. The van der Waals surface area contributed by atoms with Gasteiger partial charge in [-0.3, -0.25) is 0 Å². The maximum atomic E-state index is 12.0. The highest BCUT2D eigenvalue weighted by Gasteiger charge is 2.00. The van der Waals surface area contributed by atoms with Crippen LogP contribution in [0.15, 0.2) is 36.4 Å². The minimum Gasteiger partial charge on any atom is -0.491 e. The van der Waals surface area contributed by atoms with Crippen molar-refractivity contribution in [2.75, 3.05) is 26.6 Å². The molecule has 0 saturated carbocycles. The molecule has 2 aromatic carbocycles.